The molecule has 0 aliphatic heterocycles. The van der Waals surface area contributed by atoms with Crippen molar-refractivity contribution in [3.63, 3.8) is 0 Å². The lowest BCUT2D eigenvalue weighted by atomic mass is 10.2. The molecule has 0 atom stereocenters. The first-order chi connectivity index (χ1) is 8.63. The highest BCUT2D eigenvalue weighted by Crippen LogP contribution is 2.07. The van der Waals surface area contributed by atoms with Gasteiger partial charge in [-0.25, -0.2) is 0 Å². The van der Waals surface area contributed by atoms with Crippen LogP contribution in [0.15, 0.2) is 30.3 Å². The molecular formula is C14H21BrN2O. The molecule has 1 aromatic rings. The van der Waals surface area contributed by atoms with Crippen molar-refractivity contribution in [1.82, 2.24) is 9.80 Å². The average Bonchev–Trinajstić information content (AvgIpc) is 2.35. The van der Waals surface area contributed by atoms with Crippen molar-refractivity contribution in [2.24, 2.45) is 0 Å². The second-order valence-electron chi connectivity index (χ2n) is 4.54. The highest BCUT2D eigenvalue weighted by atomic mass is 79.9. The standard InChI is InChI=1S/C14H21BrN2O/c1-16(2)10-11-17(14(18)8-9-15)12-13-6-4-3-5-7-13/h3-7H,8-12H2,1-2H3. The zero-order chi connectivity index (χ0) is 13.4. The van der Waals surface area contributed by atoms with Crippen molar-refractivity contribution in [2.45, 2.75) is 13.0 Å². The van der Waals surface area contributed by atoms with Gasteiger partial charge < -0.3 is 9.80 Å². The van der Waals surface area contributed by atoms with E-state index >= 15 is 0 Å². The lowest BCUT2D eigenvalue weighted by molar-refractivity contribution is -0.131. The molecule has 0 fully saturated rings. The summed E-state index contributed by atoms with van der Waals surface area (Å²) in [6.07, 6.45) is 0.556. The summed E-state index contributed by atoms with van der Waals surface area (Å²) in [5, 5.41) is 0.721. The lowest BCUT2D eigenvalue weighted by Gasteiger charge is -2.24. The molecule has 0 aliphatic rings. The van der Waals surface area contributed by atoms with E-state index in [0.29, 0.717) is 13.0 Å². The molecule has 0 N–H and O–H groups in total. The van der Waals surface area contributed by atoms with E-state index in [-0.39, 0.29) is 5.91 Å². The molecule has 18 heavy (non-hydrogen) atoms. The van der Waals surface area contributed by atoms with Gasteiger partial charge in [0.05, 0.1) is 0 Å². The van der Waals surface area contributed by atoms with Crippen LogP contribution >= 0.6 is 15.9 Å². The molecule has 3 nitrogen and oxygen atoms in total. The van der Waals surface area contributed by atoms with Crippen molar-refractivity contribution < 1.29 is 4.79 Å². The Kier molecular flexibility index (Phi) is 6.98. The monoisotopic (exact) mass is 312 g/mol. The maximum absolute atomic E-state index is 12.0. The summed E-state index contributed by atoms with van der Waals surface area (Å²) in [4.78, 5) is 16.1. The van der Waals surface area contributed by atoms with Crippen molar-refractivity contribution in [3.8, 4) is 0 Å². The molecular weight excluding hydrogens is 292 g/mol. The van der Waals surface area contributed by atoms with E-state index in [1.54, 1.807) is 0 Å². The van der Waals surface area contributed by atoms with Gasteiger partial charge in [0, 0.05) is 31.4 Å². The van der Waals surface area contributed by atoms with Gasteiger partial charge >= 0.3 is 0 Å². The first kappa shape index (κ1) is 15.2. The summed E-state index contributed by atoms with van der Waals surface area (Å²) >= 11 is 3.33. The molecule has 0 bridgehead atoms. The van der Waals surface area contributed by atoms with Gasteiger partial charge in [-0.3, -0.25) is 4.79 Å². The Morgan fingerprint density at radius 1 is 1.17 bits per heavy atom. The number of carbonyl (C=O) groups excluding carboxylic acids is 1. The molecule has 0 radical (unpaired) electrons. The SMILES string of the molecule is CN(C)CCN(Cc1ccccc1)C(=O)CCBr. The molecule has 4 heteroatoms. The van der Waals surface area contributed by atoms with Crippen LogP contribution in [0, 0.1) is 0 Å². The van der Waals surface area contributed by atoms with Gasteiger partial charge in [0.2, 0.25) is 5.91 Å². The van der Waals surface area contributed by atoms with Crippen LogP contribution in [-0.4, -0.2) is 48.2 Å². The van der Waals surface area contributed by atoms with Gasteiger partial charge in [-0.2, -0.15) is 0 Å². The number of carbonyl (C=O) groups is 1. The number of halogens is 1. The Morgan fingerprint density at radius 2 is 1.83 bits per heavy atom. The summed E-state index contributed by atoms with van der Waals surface area (Å²) in [6.45, 7) is 2.36. The van der Waals surface area contributed by atoms with Crippen LogP contribution in [0.3, 0.4) is 0 Å². The van der Waals surface area contributed by atoms with Gasteiger partial charge in [0.1, 0.15) is 0 Å². The van der Waals surface area contributed by atoms with Crippen LogP contribution in [0.5, 0.6) is 0 Å². The summed E-state index contributed by atoms with van der Waals surface area (Å²) < 4.78 is 0. The lowest BCUT2D eigenvalue weighted by Crippen LogP contribution is -2.36. The highest BCUT2D eigenvalue weighted by molar-refractivity contribution is 9.09. The van der Waals surface area contributed by atoms with Gasteiger partial charge in [-0.15, -0.1) is 0 Å². The molecule has 0 aliphatic carbocycles. The van der Waals surface area contributed by atoms with Gasteiger partial charge in [0.25, 0.3) is 0 Å². The van der Waals surface area contributed by atoms with Crippen LogP contribution < -0.4 is 0 Å². The van der Waals surface area contributed by atoms with Gasteiger partial charge in [-0.05, 0) is 19.7 Å². The summed E-state index contributed by atoms with van der Waals surface area (Å²) in [5.41, 5.74) is 1.18. The predicted molar refractivity (Wildman–Crippen MR) is 78.8 cm³/mol. The molecule has 0 saturated heterocycles. The maximum atomic E-state index is 12.0. The van der Waals surface area contributed by atoms with Crippen LogP contribution in [0.2, 0.25) is 0 Å². The van der Waals surface area contributed by atoms with E-state index in [0.717, 1.165) is 18.4 Å². The van der Waals surface area contributed by atoms with Crippen molar-refractivity contribution in [1.29, 1.82) is 0 Å². The number of benzene rings is 1. The fourth-order valence-corrected chi connectivity index (χ4v) is 1.99. The largest absolute Gasteiger partial charge is 0.337 e. The van der Waals surface area contributed by atoms with E-state index < -0.39 is 0 Å². The molecule has 1 aromatic carbocycles. The Bertz CT molecular complexity index is 354. The number of rotatable bonds is 7. The van der Waals surface area contributed by atoms with Gasteiger partial charge in [0.15, 0.2) is 0 Å². The van der Waals surface area contributed by atoms with E-state index in [1.807, 2.05) is 37.2 Å². The fraction of sp³-hybridized carbons (Fsp3) is 0.500. The summed E-state index contributed by atoms with van der Waals surface area (Å²) in [7, 11) is 4.05. The van der Waals surface area contributed by atoms with Crippen LogP contribution in [-0.2, 0) is 11.3 Å². The third-order valence-electron chi connectivity index (χ3n) is 2.69. The molecule has 1 rings (SSSR count). The van der Waals surface area contributed by atoms with Crippen molar-refractivity contribution >= 4 is 21.8 Å². The number of hydrogen-bond acceptors (Lipinski definition) is 2. The first-order valence-electron chi connectivity index (χ1n) is 6.16. The fourth-order valence-electron chi connectivity index (χ4n) is 1.66. The third-order valence-corrected chi connectivity index (χ3v) is 3.09. The van der Waals surface area contributed by atoms with Crippen molar-refractivity contribution in [3.05, 3.63) is 35.9 Å². The zero-order valence-corrected chi connectivity index (χ0v) is 12.7. The first-order valence-corrected chi connectivity index (χ1v) is 7.28. The second-order valence-corrected chi connectivity index (χ2v) is 5.34. The number of likely N-dealkylation sites (N-methyl/N-ethyl adjacent to an activating group) is 1. The highest BCUT2D eigenvalue weighted by Gasteiger charge is 2.13. The van der Waals surface area contributed by atoms with Crippen LogP contribution in [0.4, 0.5) is 0 Å². The van der Waals surface area contributed by atoms with E-state index in [4.69, 9.17) is 0 Å². The van der Waals surface area contributed by atoms with Gasteiger partial charge in [-0.1, -0.05) is 46.3 Å². The second kappa shape index (κ2) is 8.27. The number of amides is 1. The minimum Gasteiger partial charge on any atom is -0.337 e. The smallest absolute Gasteiger partial charge is 0.223 e. The predicted octanol–water partition coefficient (Wildman–Crippen LogP) is 2.36. The third kappa shape index (κ3) is 5.65. The minimum absolute atomic E-state index is 0.206. The molecule has 1 amide bonds. The van der Waals surface area contributed by atoms with E-state index in [1.165, 1.54) is 5.56 Å². The Hall–Kier alpha value is -0.870. The molecule has 0 saturated carbocycles. The Labute approximate surface area is 118 Å². The molecule has 0 unspecified atom stereocenters. The number of nitrogens with zero attached hydrogens (tertiary/aromatic N) is 2. The summed E-state index contributed by atoms with van der Waals surface area (Å²) in [6, 6.07) is 10.1. The summed E-state index contributed by atoms with van der Waals surface area (Å²) in [5.74, 6) is 0.206. The Balaban J connectivity index is 2.62. The minimum atomic E-state index is 0.206. The Morgan fingerprint density at radius 3 is 2.39 bits per heavy atom. The molecule has 0 aromatic heterocycles. The molecule has 0 spiro atoms. The normalized spacial score (nSPS) is 10.7. The van der Waals surface area contributed by atoms with Crippen LogP contribution in [0.25, 0.3) is 0 Å². The van der Waals surface area contributed by atoms with E-state index in [2.05, 4.69) is 33.0 Å². The van der Waals surface area contributed by atoms with Crippen molar-refractivity contribution in [2.75, 3.05) is 32.5 Å². The quantitative estimate of drug-likeness (QED) is 0.722. The van der Waals surface area contributed by atoms with E-state index in [9.17, 15) is 4.79 Å². The number of alkyl halides is 1. The zero-order valence-electron chi connectivity index (χ0n) is 11.1. The molecule has 100 valence electrons. The van der Waals surface area contributed by atoms with Crippen LogP contribution in [0.1, 0.15) is 12.0 Å². The number of hydrogen-bond donors (Lipinski definition) is 0. The average molecular weight is 313 g/mol. The topological polar surface area (TPSA) is 23.6 Å². The maximum Gasteiger partial charge on any atom is 0.223 e. The molecule has 0 heterocycles.